The van der Waals surface area contributed by atoms with Crippen LogP contribution in [0.5, 0.6) is 0 Å². The minimum absolute atomic E-state index is 0.0291. The van der Waals surface area contributed by atoms with Crippen LogP contribution in [0.1, 0.15) is 15.9 Å². The molecule has 21 heavy (non-hydrogen) atoms. The lowest BCUT2D eigenvalue weighted by Crippen LogP contribution is -2.15. The number of hydrogen-bond donors (Lipinski definition) is 1. The number of sulfone groups is 1. The lowest BCUT2D eigenvalue weighted by atomic mass is 10.1. The molecule has 2 aromatic rings. The van der Waals surface area contributed by atoms with Crippen molar-refractivity contribution in [1.82, 2.24) is 9.78 Å². The molecule has 112 valence electrons. The zero-order valence-electron chi connectivity index (χ0n) is 11.2. The Kier molecular flexibility index (Phi) is 4.48. The molecule has 0 bridgehead atoms. The van der Waals surface area contributed by atoms with Crippen LogP contribution < -0.4 is 0 Å². The summed E-state index contributed by atoms with van der Waals surface area (Å²) in [6.45, 7) is 1.85. The number of benzene rings is 1. The summed E-state index contributed by atoms with van der Waals surface area (Å²) in [6.07, 6.45) is 3.24. The predicted octanol–water partition coefficient (Wildman–Crippen LogP) is 2.13. The van der Waals surface area contributed by atoms with Crippen LogP contribution in [0.15, 0.2) is 40.0 Å². The first-order valence-electron chi connectivity index (χ1n) is 6.05. The Balaban J connectivity index is 2.37. The number of aromatic carboxylic acids is 1. The molecule has 0 saturated heterocycles. The molecule has 2 rings (SSSR count). The summed E-state index contributed by atoms with van der Waals surface area (Å²) in [6, 6.07) is 4.30. The first kappa shape index (κ1) is 15.7. The van der Waals surface area contributed by atoms with E-state index in [1.54, 1.807) is 25.4 Å². The van der Waals surface area contributed by atoms with Gasteiger partial charge in [0.05, 0.1) is 22.8 Å². The highest BCUT2D eigenvalue weighted by molar-refractivity contribution is 9.10. The van der Waals surface area contributed by atoms with E-state index in [0.717, 1.165) is 0 Å². The number of aryl methyl sites for hydroxylation is 1. The van der Waals surface area contributed by atoms with Gasteiger partial charge in [0.25, 0.3) is 0 Å². The monoisotopic (exact) mass is 372 g/mol. The van der Waals surface area contributed by atoms with Gasteiger partial charge < -0.3 is 5.11 Å². The fraction of sp³-hybridized carbons (Fsp3) is 0.231. The van der Waals surface area contributed by atoms with E-state index >= 15 is 0 Å². The summed E-state index contributed by atoms with van der Waals surface area (Å²) < 4.78 is 26.8. The van der Waals surface area contributed by atoms with Crippen LogP contribution >= 0.6 is 15.9 Å². The van der Waals surface area contributed by atoms with E-state index in [-0.39, 0.29) is 22.8 Å². The van der Waals surface area contributed by atoms with E-state index in [4.69, 9.17) is 5.11 Å². The van der Waals surface area contributed by atoms with Crippen LogP contribution in [0.2, 0.25) is 0 Å². The number of carbonyl (C=O) groups is 1. The second kappa shape index (κ2) is 5.98. The molecule has 1 aromatic heterocycles. The average Bonchev–Trinajstić information content (AvgIpc) is 2.92. The Bertz CT molecular complexity index is 770. The van der Waals surface area contributed by atoms with Gasteiger partial charge in [-0.3, -0.25) is 4.68 Å². The van der Waals surface area contributed by atoms with E-state index in [9.17, 15) is 13.2 Å². The van der Waals surface area contributed by atoms with Gasteiger partial charge in [-0.1, -0.05) is 15.9 Å². The van der Waals surface area contributed by atoms with Crippen molar-refractivity contribution >= 4 is 31.7 Å². The van der Waals surface area contributed by atoms with Crippen molar-refractivity contribution in [3.63, 3.8) is 0 Å². The second-order valence-electron chi connectivity index (χ2n) is 4.47. The van der Waals surface area contributed by atoms with Crippen molar-refractivity contribution in [2.45, 2.75) is 18.4 Å². The molecule has 1 aromatic carbocycles. The Morgan fingerprint density at radius 3 is 2.71 bits per heavy atom. The molecule has 0 radical (unpaired) electrons. The molecule has 0 aliphatic heterocycles. The number of nitrogens with zero attached hydrogens (tertiary/aromatic N) is 2. The van der Waals surface area contributed by atoms with Crippen LogP contribution in [0.4, 0.5) is 0 Å². The molecule has 1 N–H and O–H groups in total. The standard InChI is InChI=1S/C13H13BrN2O4S/c1-9-11(14)7-10(13(17)18)8-12(9)21(19,20)6-5-16-4-2-3-15-16/h2-4,7-8H,5-6H2,1H3,(H,17,18). The van der Waals surface area contributed by atoms with Gasteiger partial charge >= 0.3 is 5.97 Å². The molecule has 0 unspecified atom stereocenters. The molecule has 1 heterocycles. The van der Waals surface area contributed by atoms with Crippen LogP contribution in [0, 0.1) is 6.92 Å². The van der Waals surface area contributed by atoms with Gasteiger partial charge in [0.15, 0.2) is 9.84 Å². The maximum Gasteiger partial charge on any atom is 0.335 e. The number of rotatable bonds is 5. The van der Waals surface area contributed by atoms with Crippen molar-refractivity contribution in [2.24, 2.45) is 0 Å². The van der Waals surface area contributed by atoms with E-state index in [1.165, 1.54) is 16.8 Å². The number of carboxylic acids is 1. The summed E-state index contributed by atoms with van der Waals surface area (Å²) >= 11 is 3.20. The normalized spacial score (nSPS) is 11.5. The van der Waals surface area contributed by atoms with E-state index in [1.807, 2.05) is 0 Å². The summed E-state index contributed by atoms with van der Waals surface area (Å²) in [5.41, 5.74) is 0.436. The number of aromatic nitrogens is 2. The van der Waals surface area contributed by atoms with Crippen molar-refractivity contribution < 1.29 is 18.3 Å². The summed E-state index contributed by atoms with van der Waals surface area (Å²) in [7, 11) is -3.60. The first-order valence-corrected chi connectivity index (χ1v) is 8.49. The Morgan fingerprint density at radius 1 is 1.43 bits per heavy atom. The summed E-state index contributed by atoms with van der Waals surface area (Å²) in [5, 5.41) is 13.0. The van der Waals surface area contributed by atoms with Crippen molar-refractivity contribution in [3.05, 3.63) is 46.2 Å². The number of hydrogen-bond acceptors (Lipinski definition) is 4. The molecule has 6 nitrogen and oxygen atoms in total. The van der Waals surface area contributed by atoms with E-state index < -0.39 is 15.8 Å². The topological polar surface area (TPSA) is 89.3 Å². The maximum atomic E-state index is 12.4. The fourth-order valence-corrected chi connectivity index (χ4v) is 3.98. The van der Waals surface area contributed by atoms with Crippen LogP contribution in [0.3, 0.4) is 0 Å². The molecule has 0 aliphatic carbocycles. The zero-order valence-corrected chi connectivity index (χ0v) is 13.6. The highest BCUT2D eigenvalue weighted by Crippen LogP contribution is 2.26. The third kappa shape index (κ3) is 3.51. The first-order chi connectivity index (χ1) is 9.81. The van der Waals surface area contributed by atoms with Crippen LogP contribution in [0.25, 0.3) is 0 Å². The SMILES string of the molecule is Cc1c(Br)cc(C(=O)O)cc1S(=O)(=O)CCn1cccn1. The molecule has 0 amide bonds. The van der Waals surface area contributed by atoms with Gasteiger partial charge in [0.1, 0.15) is 0 Å². The minimum atomic E-state index is -3.60. The molecule has 0 fully saturated rings. The Labute approximate surface area is 130 Å². The van der Waals surface area contributed by atoms with Gasteiger partial charge in [0.2, 0.25) is 0 Å². The molecule has 0 aliphatic rings. The minimum Gasteiger partial charge on any atom is -0.478 e. The second-order valence-corrected chi connectivity index (χ2v) is 7.41. The van der Waals surface area contributed by atoms with Crippen LogP contribution in [-0.4, -0.2) is 35.0 Å². The maximum absolute atomic E-state index is 12.4. The third-order valence-electron chi connectivity index (χ3n) is 3.03. The molecule has 0 spiro atoms. The highest BCUT2D eigenvalue weighted by Gasteiger charge is 2.21. The van der Waals surface area contributed by atoms with Gasteiger partial charge in [-0.25, -0.2) is 13.2 Å². The quantitative estimate of drug-likeness (QED) is 0.867. The van der Waals surface area contributed by atoms with Crippen molar-refractivity contribution in [1.29, 1.82) is 0 Å². The Morgan fingerprint density at radius 2 is 2.14 bits per heavy atom. The molecular weight excluding hydrogens is 360 g/mol. The molecule has 0 atom stereocenters. The largest absolute Gasteiger partial charge is 0.478 e. The lowest BCUT2D eigenvalue weighted by Gasteiger charge is -2.11. The number of halogens is 1. The van der Waals surface area contributed by atoms with E-state index in [2.05, 4.69) is 21.0 Å². The van der Waals surface area contributed by atoms with Crippen molar-refractivity contribution in [2.75, 3.05) is 5.75 Å². The van der Waals surface area contributed by atoms with Gasteiger partial charge in [-0.2, -0.15) is 5.10 Å². The summed E-state index contributed by atoms with van der Waals surface area (Å²) in [5.74, 6) is -1.32. The molecule has 0 saturated carbocycles. The number of carboxylic acid groups (broad SMARTS) is 1. The molecular formula is C13H13BrN2O4S. The van der Waals surface area contributed by atoms with Crippen LogP contribution in [-0.2, 0) is 16.4 Å². The fourth-order valence-electron chi connectivity index (χ4n) is 1.86. The van der Waals surface area contributed by atoms with E-state index in [0.29, 0.717) is 10.0 Å². The van der Waals surface area contributed by atoms with Crippen molar-refractivity contribution in [3.8, 4) is 0 Å². The highest BCUT2D eigenvalue weighted by atomic mass is 79.9. The third-order valence-corrected chi connectivity index (χ3v) is 5.66. The lowest BCUT2D eigenvalue weighted by molar-refractivity contribution is 0.0696. The van der Waals surface area contributed by atoms with Gasteiger partial charge in [0, 0.05) is 16.9 Å². The van der Waals surface area contributed by atoms with Gasteiger partial charge in [-0.15, -0.1) is 0 Å². The molecule has 8 heteroatoms. The summed E-state index contributed by atoms with van der Waals surface area (Å²) in [4.78, 5) is 11.1. The van der Waals surface area contributed by atoms with Gasteiger partial charge in [-0.05, 0) is 30.7 Å². The average molecular weight is 373 g/mol. The smallest absolute Gasteiger partial charge is 0.335 e. The Hall–Kier alpha value is -1.67. The zero-order chi connectivity index (χ0) is 15.6. The predicted molar refractivity (Wildman–Crippen MR) is 80.1 cm³/mol.